The number of nitrogens with one attached hydrogen (secondary N) is 1. The normalized spacial score (nSPS) is 12.7. The lowest BCUT2D eigenvalue weighted by Gasteiger charge is -2.32. The Morgan fingerprint density at radius 3 is 2.31 bits per heavy atom. The molecular weight excluding hydrogens is 465 g/mol. The highest BCUT2D eigenvalue weighted by molar-refractivity contribution is 6.38. The molecule has 0 aliphatic heterocycles. The number of nitrogen functional groups attached to an aromatic ring is 1. The third-order valence-electron chi connectivity index (χ3n) is 3.95. The summed E-state index contributed by atoms with van der Waals surface area (Å²) >= 11 is 12.2. The number of nitrogens with zero attached hydrogens (tertiary/aromatic N) is 3. The fourth-order valence-corrected chi connectivity index (χ4v) is 3.14. The lowest BCUT2D eigenvalue weighted by Crippen LogP contribution is -2.49. The summed E-state index contributed by atoms with van der Waals surface area (Å²) in [6.07, 6.45) is -0.431. The third-order valence-corrected chi connectivity index (χ3v) is 4.57. The zero-order valence-electron chi connectivity index (χ0n) is 17.9. The van der Waals surface area contributed by atoms with Gasteiger partial charge < -0.3 is 21.9 Å². The number of hydrazine groups is 1. The van der Waals surface area contributed by atoms with Crippen LogP contribution in [0.1, 0.15) is 39.2 Å². The SMILES string of the molecule is CC(C)(C)OC(=O)N(Cc1cc(Cl)c(N)c(Cl)c1)[C@H](CCCN=C(N)N[N+](=O)[O-])C(N)=O. The van der Waals surface area contributed by atoms with Crippen molar-refractivity contribution in [1.82, 2.24) is 10.3 Å². The summed E-state index contributed by atoms with van der Waals surface area (Å²) < 4.78 is 5.43. The number of hydrogen-bond donors (Lipinski definition) is 4. The molecule has 0 aliphatic carbocycles. The molecule has 0 aliphatic rings. The molecule has 2 amide bonds. The van der Waals surface area contributed by atoms with Crippen LogP contribution in [0, 0.1) is 10.1 Å². The average molecular weight is 492 g/mol. The van der Waals surface area contributed by atoms with E-state index in [1.54, 1.807) is 26.2 Å². The number of benzene rings is 1. The summed E-state index contributed by atoms with van der Waals surface area (Å²) in [4.78, 5) is 40.4. The van der Waals surface area contributed by atoms with E-state index < -0.39 is 28.7 Å². The smallest absolute Gasteiger partial charge is 0.411 e. The van der Waals surface area contributed by atoms with Gasteiger partial charge in [-0.15, -0.1) is 0 Å². The Labute approximate surface area is 195 Å². The standard InChI is InChI=1S/C18H27Cl2N7O5/c1-18(2,3)32-17(29)26(9-10-7-11(19)14(21)12(20)8-10)13(15(22)28)5-4-6-24-16(23)25-27(30)31/h7-8,13H,4-6,9,21H2,1-3H3,(H2,22,28)(H3,23,24,25)/t13-/m1/s1. The van der Waals surface area contributed by atoms with E-state index in [4.69, 9.17) is 45.1 Å². The van der Waals surface area contributed by atoms with Crippen molar-refractivity contribution in [3.05, 3.63) is 37.9 Å². The molecule has 1 aromatic carbocycles. The van der Waals surface area contributed by atoms with Gasteiger partial charge in [-0.1, -0.05) is 28.6 Å². The number of carbonyl (C=O) groups excluding carboxylic acids is 2. The van der Waals surface area contributed by atoms with Crippen molar-refractivity contribution in [2.75, 3.05) is 12.3 Å². The van der Waals surface area contributed by atoms with Gasteiger partial charge in [0.05, 0.1) is 15.7 Å². The number of primary amides is 1. The third kappa shape index (κ3) is 9.02. The highest BCUT2D eigenvalue weighted by atomic mass is 35.5. The van der Waals surface area contributed by atoms with Crippen LogP contribution in [0.3, 0.4) is 0 Å². The maximum Gasteiger partial charge on any atom is 0.411 e. The van der Waals surface area contributed by atoms with Crippen LogP contribution >= 0.6 is 23.2 Å². The Kier molecular flexibility index (Phi) is 9.79. The molecule has 0 saturated carbocycles. The predicted octanol–water partition coefficient (Wildman–Crippen LogP) is 2.04. The molecule has 32 heavy (non-hydrogen) atoms. The molecule has 14 heteroatoms. The maximum absolute atomic E-state index is 12.9. The van der Waals surface area contributed by atoms with Crippen molar-refractivity contribution in [3.63, 3.8) is 0 Å². The van der Waals surface area contributed by atoms with Gasteiger partial charge >= 0.3 is 6.09 Å². The molecule has 0 saturated heterocycles. The van der Waals surface area contributed by atoms with Crippen molar-refractivity contribution in [3.8, 4) is 0 Å². The highest BCUT2D eigenvalue weighted by Crippen LogP contribution is 2.30. The van der Waals surface area contributed by atoms with Gasteiger partial charge in [-0.25, -0.2) is 19.9 Å². The topological polar surface area (TPSA) is 192 Å². The number of carbonyl (C=O) groups is 2. The molecule has 7 N–H and O–H groups in total. The summed E-state index contributed by atoms with van der Waals surface area (Å²) in [5, 5.41) is 9.88. The van der Waals surface area contributed by atoms with Gasteiger partial charge in [0.15, 0.2) is 5.03 Å². The van der Waals surface area contributed by atoms with Crippen LogP contribution in [0.4, 0.5) is 10.5 Å². The summed E-state index contributed by atoms with van der Waals surface area (Å²) in [6, 6.07) is 1.97. The van der Waals surface area contributed by atoms with Gasteiger partial charge in [0.1, 0.15) is 11.6 Å². The molecule has 0 radical (unpaired) electrons. The van der Waals surface area contributed by atoms with Crippen LogP contribution < -0.4 is 22.6 Å². The first kappa shape index (κ1) is 27.0. The largest absolute Gasteiger partial charge is 0.444 e. The number of halogens is 2. The first-order chi connectivity index (χ1) is 14.7. The van der Waals surface area contributed by atoms with E-state index in [1.807, 2.05) is 0 Å². The Balaban J connectivity index is 3.11. The van der Waals surface area contributed by atoms with E-state index >= 15 is 0 Å². The molecule has 0 heterocycles. The second-order valence-corrected chi connectivity index (χ2v) is 8.59. The van der Waals surface area contributed by atoms with Crippen LogP contribution in [0.25, 0.3) is 0 Å². The number of amides is 2. The lowest BCUT2D eigenvalue weighted by atomic mass is 10.1. The van der Waals surface area contributed by atoms with Gasteiger partial charge in [-0.3, -0.25) is 9.69 Å². The van der Waals surface area contributed by atoms with Gasteiger partial charge in [-0.2, -0.15) is 0 Å². The van der Waals surface area contributed by atoms with Gasteiger partial charge in [0.2, 0.25) is 5.91 Å². The summed E-state index contributed by atoms with van der Waals surface area (Å²) in [5.74, 6) is -1.16. The molecule has 0 unspecified atom stereocenters. The van der Waals surface area contributed by atoms with E-state index in [-0.39, 0.29) is 47.6 Å². The molecule has 0 aromatic heterocycles. The predicted molar refractivity (Wildman–Crippen MR) is 121 cm³/mol. The quantitative estimate of drug-likeness (QED) is 0.100. The van der Waals surface area contributed by atoms with E-state index in [0.717, 1.165) is 4.90 Å². The number of nitro groups is 1. The molecule has 178 valence electrons. The fourth-order valence-electron chi connectivity index (χ4n) is 2.61. The zero-order valence-corrected chi connectivity index (χ0v) is 19.4. The average Bonchev–Trinajstić information content (AvgIpc) is 2.62. The van der Waals surface area contributed by atoms with Gasteiger partial charge in [-0.05, 0) is 51.3 Å². The van der Waals surface area contributed by atoms with Crippen LogP contribution in [0.5, 0.6) is 0 Å². The number of hydrogen-bond acceptors (Lipinski definition) is 7. The minimum atomic E-state index is -1.07. The monoisotopic (exact) mass is 491 g/mol. The van der Waals surface area contributed by atoms with E-state index in [1.165, 1.54) is 12.1 Å². The van der Waals surface area contributed by atoms with E-state index in [9.17, 15) is 19.7 Å². The van der Waals surface area contributed by atoms with Crippen LogP contribution in [0.15, 0.2) is 17.1 Å². The molecular formula is C18H27Cl2N7O5. The number of nitrogens with two attached hydrogens (primary N) is 3. The molecule has 1 rings (SSSR count). The van der Waals surface area contributed by atoms with Crippen LogP contribution in [-0.4, -0.2) is 46.1 Å². The van der Waals surface area contributed by atoms with Crippen molar-refractivity contribution in [1.29, 1.82) is 0 Å². The van der Waals surface area contributed by atoms with Crippen molar-refractivity contribution >= 4 is 46.8 Å². The first-order valence-electron chi connectivity index (χ1n) is 9.44. The number of aliphatic imine (C=N–C) groups is 1. The van der Waals surface area contributed by atoms with Crippen molar-refractivity contribution in [2.45, 2.75) is 51.8 Å². The van der Waals surface area contributed by atoms with Crippen molar-refractivity contribution in [2.24, 2.45) is 16.5 Å². The lowest BCUT2D eigenvalue weighted by molar-refractivity contribution is -0.525. The number of rotatable bonds is 9. The second kappa shape index (κ2) is 11.6. The molecule has 12 nitrogen and oxygen atoms in total. The number of ether oxygens (including phenoxy) is 1. The van der Waals surface area contributed by atoms with E-state index in [2.05, 4.69) is 4.99 Å². The molecule has 0 spiro atoms. The molecule has 0 bridgehead atoms. The molecule has 0 fully saturated rings. The Hall–Kier alpha value is -2.99. The first-order valence-corrected chi connectivity index (χ1v) is 10.2. The number of guanidine groups is 1. The Bertz CT molecular complexity index is 866. The van der Waals surface area contributed by atoms with E-state index in [0.29, 0.717) is 5.56 Å². The molecule has 1 aromatic rings. The minimum absolute atomic E-state index is 0.0537. The Morgan fingerprint density at radius 1 is 1.28 bits per heavy atom. The second-order valence-electron chi connectivity index (χ2n) is 7.78. The fraction of sp³-hybridized carbons (Fsp3) is 0.500. The summed E-state index contributed by atoms with van der Waals surface area (Å²) in [7, 11) is 0. The van der Waals surface area contributed by atoms with Crippen molar-refractivity contribution < 1.29 is 19.4 Å². The molecule has 1 atom stereocenters. The van der Waals surface area contributed by atoms with Crippen LogP contribution in [-0.2, 0) is 16.1 Å². The Morgan fingerprint density at radius 2 is 1.84 bits per heavy atom. The minimum Gasteiger partial charge on any atom is -0.444 e. The van der Waals surface area contributed by atoms with Gasteiger partial charge in [0, 0.05) is 13.1 Å². The van der Waals surface area contributed by atoms with Gasteiger partial charge in [0.25, 0.3) is 5.96 Å². The summed E-state index contributed by atoms with van der Waals surface area (Å²) in [6.45, 7) is 5.01. The maximum atomic E-state index is 12.9. The highest BCUT2D eigenvalue weighted by Gasteiger charge is 2.32. The zero-order chi connectivity index (χ0) is 24.6. The number of anilines is 1. The summed E-state index contributed by atoms with van der Waals surface area (Å²) in [5.41, 5.74) is 18.2. The van der Waals surface area contributed by atoms with Crippen LogP contribution in [0.2, 0.25) is 10.0 Å².